The lowest BCUT2D eigenvalue weighted by Crippen LogP contribution is -2.54. The van der Waals surface area contributed by atoms with Crippen molar-refractivity contribution in [2.24, 2.45) is 5.73 Å². The van der Waals surface area contributed by atoms with Crippen molar-refractivity contribution in [3.05, 3.63) is 47.5 Å². The van der Waals surface area contributed by atoms with Gasteiger partial charge in [0, 0.05) is 17.2 Å². The minimum absolute atomic E-state index is 0.111. The number of hydrogen-bond donors (Lipinski definition) is 1. The van der Waals surface area contributed by atoms with Crippen molar-refractivity contribution in [1.82, 2.24) is 4.90 Å². The zero-order chi connectivity index (χ0) is 20.7. The molecule has 2 heterocycles. The van der Waals surface area contributed by atoms with E-state index in [-0.39, 0.29) is 25.7 Å². The third-order valence-electron chi connectivity index (χ3n) is 5.79. The summed E-state index contributed by atoms with van der Waals surface area (Å²) >= 11 is 0. The number of rotatable bonds is 3. The van der Waals surface area contributed by atoms with Gasteiger partial charge in [-0.05, 0) is 49.2 Å². The summed E-state index contributed by atoms with van der Waals surface area (Å²) < 4.78 is 21.4. The molecule has 2 aliphatic heterocycles. The van der Waals surface area contributed by atoms with E-state index in [4.69, 9.17) is 24.7 Å². The summed E-state index contributed by atoms with van der Waals surface area (Å²) in [5.41, 5.74) is 7.06. The molecule has 1 aliphatic carbocycles. The second kappa shape index (κ2) is 7.53. The van der Waals surface area contributed by atoms with Crippen molar-refractivity contribution < 1.29 is 28.5 Å². The topological polar surface area (TPSA) is 100 Å². The van der Waals surface area contributed by atoms with Crippen LogP contribution in [0.1, 0.15) is 46.4 Å². The maximum Gasteiger partial charge on any atom is 0.261 e. The van der Waals surface area contributed by atoms with E-state index in [1.54, 1.807) is 36.4 Å². The van der Waals surface area contributed by atoms with Crippen LogP contribution in [0.15, 0.2) is 36.4 Å². The number of ether oxygens (including phenoxy) is 4. The molecule has 0 saturated heterocycles. The van der Waals surface area contributed by atoms with Crippen LogP contribution in [-0.4, -0.2) is 42.4 Å². The Morgan fingerprint density at radius 3 is 1.80 bits per heavy atom. The molecule has 156 valence electrons. The molecular formula is C22H22N2O6. The fourth-order valence-electron chi connectivity index (χ4n) is 4.19. The lowest BCUT2D eigenvalue weighted by atomic mass is 9.89. The highest BCUT2D eigenvalue weighted by Gasteiger charge is 2.37. The van der Waals surface area contributed by atoms with E-state index >= 15 is 0 Å². The van der Waals surface area contributed by atoms with Crippen LogP contribution in [0.2, 0.25) is 0 Å². The van der Waals surface area contributed by atoms with Crippen molar-refractivity contribution >= 4 is 11.8 Å². The van der Waals surface area contributed by atoms with Gasteiger partial charge in [-0.25, -0.2) is 0 Å². The number of fused-ring (bicyclic) bond motifs is 2. The second-order valence-corrected chi connectivity index (χ2v) is 7.63. The summed E-state index contributed by atoms with van der Waals surface area (Å²) in [5, 5.41) is 0. The van der Waals surface area contributed by atoms with Crippen molar-refractivity contribution in [2.45, 2.75) is 37.8 Å². The van der Waals surface area contributed by atoms with E-state index in [0.717, 1.165) is 19.3 Å². The molecule has 0 aromatic heterocycles. The van der Waals surface area contributed by atoms with Gasteiger partial charge in [0.2, 0.25) is 13.6 Å². The molecule has 8 nitrogen and oxygen atoms in total. The van der Waals surface area contributed by atoms with E-state index in [2.05, 4.69) is 0 Å². The van der Waals surface area contributed by atoms with Crippen LogP contribution < -0.4 is 24.7 Å². The predicted molar refractivity (Wildman–Crippen MR) is 106 cm³/mol. The quantitative estimate of drug-likeness (QED) is 0.777. The Balaban J connectivity index is 1.51. The molecule has 8 heteroatoms. The zero-order valence-electron chi connectivity index (χ0n) is 16.3. The van der Waals surface area contributed by atoms with Crippen LogP contribution in [-0.2, 0) is 0 Å². The van der Waals surface area contributed by atoms with Gasteiger partial charge in [-0.2, -0.15) is 0 Å². The standard InChI is InChI=1S/C22H22N2O6/c23-15-3-1-2-4-16(15)24(21(25)13-5-7-17-19(9-13)29-11-27-17)22(26)14-6-8-18-20(10-14)30-12-28-18/h5-10,15-16H,1-4,11-12,23H2/t15-,16-/m1/s1. The number of imide groups is 1. The number of carbonyl (C=O) groups excluding carboxylic acids is 2. The molecular weight excluding hydrogens is 388 g/mol. The normalized spacial score (nSPS) is 21.4. The van der Waals surface area contributed by atoms with Gasteiger partial charge < -0.3 is 24.7 Å². The number of amides is 2. The van der Waals surface area contributed by atoms with Crippen molar-refractivity contribution in [3.8, 4) is 23.0 Å². The molecule has 2 N–H and O–H groups in total. The highest BCUT2D eigenvalue weighted by atomic mass is 16.7. The molecule has 2 aromatic rings. The molecule has 1 saturated carbocycles. The Kier molecular flexibility index (Phi) is 4.71. The first-order valence-electron chi connectivity index (χ1n) is 10.0. The molecule has 0 spiro atoms. The van der Waals surface area contributed by atoms with Gasteiger partial charge in [-0.3, -0.25) is 14.5 Å². The fraction of sp³-hybridized carbons (Fsp3) is 0.364. The van der Waals surface area contributed by atoms with Crippen LogP contribution in [0.4, 0.5) is 0 Å². The molecule has 2 aromatic carbocycles. The minimum Gasteiger partial charge on any atom is -0.454 e. The van der Waals surface area contributed by atoms with Crippen LogP contribution in [0.25, 0.3) is 0 Å². The minimum atomic E-state index is -0.404. The number of nitrogens with two attached hydrogens (primary N) is 1. The molecule has 1 fully saturated rings. The first kappa shape index (κ1) is 18.7. The largest absolute Gasteiger partial charge is 0.454 e. The van der Waals surface area contributed by atoms with Gasteiger partial charge in [0.05, 0.1) is 6.04 Å². The zero-order valence-corrected chi connectivity index (χ0v) is 16.3. The van der Waals surface area contributed by atoms with E-state index < -0.39 is 11.8 Å². The van der Waals surface area contributed by atoms with Gasteiger partial charge in [0.25, 0.3) is 11.8 Å². The van der Waals surface area contributed by atoms with Crippen molar-refractivity contribution in [1.29, 1.82) is 0 Å². The third kappa shape index (κ3) is 3.23. The monoisotopic (exact) mass is 410 g/mol. The highest BCUT2D eigenvalue weighted by molar-refractivity contribution is 6.11. The van der Waals surface area contributed by atoms with Crippen LogP contribution >= 0.6 is 0 Å². The predicted octanol–water partition coefficient (Wildman–Crippen LogP) is 2.70. The highest BCUT2D eigenvalue weighted by Crippen LogP contribution is 2.35. The number of benzene rings is 2. The van der Waals surface area contributed by atoms with Crippen LogP contribution in [0.5, 0.6) is 23.0 Å². The lowest BCUT2D eigenvalue weighted by molar-refractivity contribution is 0.0485. The first-order chi connectivity index (χ1) is 14.6. The van der Waals surface area contributed by atoms with Gasteiger partial charge in [-0.15, -0.1) is 0 Å². The first-order valence-corrected chi connectivity index (χ1v) is 10.0. The molecule has 2 amide bonds. The molecule has 5 rings (SSSR count). The van der Waals surface area contributed by atoms with Crippen LogP contribution in [0, 0.1) is 0 Å². The second-order valence-electron chi connectivity index (χ2n) is 7.63. The average Bonchev–Trinajstić information content (AvgIpc) is 3.43. The van der Waals surface area contributed by atoms with Gasteiger partial charge >= 0.3 is 0 Å². The Hall–Kier alpha value is -3.26. The molecule has 0 radical (unpaired) electrons. The summed E-state index contributed by atoms with van der Waals surface area (Å²) in [4.78, 5) is 28.4. The van der Waals surface area contributed by atoms with Crippen LogP contribution in [0.3, 0.4) is 0 Å². The fourth-order valence-corrected chi connectivity index (χ4v) is 4.19. The summed E-state index contributed by atoms with van der Waals surface area (Å²) in [6.45, 7) is 0.223. The molecule has 2 atom stereocenters. The Morgan fingerprint density at radius 1 is 0.767 bits per heavy atom. The van der Waals surface area contributed by atoms with E-state index in [9.17, 15) is 9.59 Å². The van der Waals surface area contributed by atoms with E-state index in [0.29, 0.717) is 40.5 Å². The maximum atomic E-state index is 13.5. The summed E-state index contributed by atoms with van der Waals surface area (Å²) in [6, 6.07) is 9.22. The Morgan fingerprint density at radius 2 is 1.27 bits per heavy atom. The summed E-state index contributed by atoms with van der Waals surface area (Å²) in [7, 11) is 0. The Labute approximate surface area is 173 Å². The summed E-state index contributed by atoms with van der Waals surface area (Å²) in [5.74, 6) is 1.33. The molecule has 0 unspecified atom stereocenters. The number of carbonyl (C=O) groups is 2. The van der Waals surface area contributed by atoms with Gasteiger partial charge in [0.15, 0.2) is 23.0 Å². The smallest absolute Gasteiger partial charge is 0.261 e. The maximum absolute atomic E-state index is 13.5. The van der Waals surface area contributed by atoms with E-state index in [1.165, 1.54) is 4.90 Å². The SMILES string of the molecule is N[C@@H]1CCCC[C@H]1N(C(=O)c1ccc2c(c1)OCO2)C(=O)c1ccc2c(c1)OCO2. The molecule has 0 bridgehead atoms. The lowest BCUT2D eigenvalue weighted by Gasteiger charge is -2.37. The van der Waals surface area contributed by atoms with Gasteiger partial charge in [-0.1, -0.05) is 12.8 Å². The van der Waals surface area contributed by atoms with E-state index in [1.807, 2.05) is 0 Å². The van der Waals surface area contributed by atoms with Crippen molar-refractivity contribution in [3.63, 3.8) is 0 Å². The Bertz CT molecular complexity index is 938. The molecule has 3 aliphatic rings. The third-order valence-corrected chi connectivity index (χ3v) is 5.79. The van der Waals surface area contributed by atoms with Crippen molar-refractivity contribution in [2.75, 3.05) is 13.6 Å². The number of hydrogen-bond acceptors (Lipinski definition) is 7. The number of nitrogens with zero attached hydrogens (tertiary/aromatic N) is 1. The molecule has 30 heavy (non-hydrogen) atoms. The summed E-state index contributed by atoms with van der Waals surface area (Å²) in [6.07, 6.45) is 3.34. The average molecular weight is 410 g/mol. The van der Waals surface area contributed by atoms with Gasteiger partial charge in [0.1, 0.15) is 0 Å².